The smallest absolute Gasteiger partial charge is 0.136 e. The molecule has 0 aromatic heterocycles. The van der Waals surface area contributed by atoms with Crippen molar-refractivity contribution in [1.82, 2.24) is 0 Å². The molecule has 2 rings (SSSR count). The molecule has 3 heteroatoms. The Labute approximate surface area is 101 Å². The SMILES string of the molecule is NCC1CCCCC1Sc1ccccc1F. The molecule has 1 aromatic rings. The first-order chi connectivity index (χ1) is 7.81. The van der Waals surface area contributed by atoms with E-state index in [2.05, 4.69) is 0 Å². The maximum absolute atomic E-state index is 13.5. The number of thioether (sulfide) groups is 1. The van der Waals surface area contributed by atoms with Crippen molar-refractivity contribution in [2.75, 3.05) is 6.54 Å². The molecule has 1 aliphatic carbocycles. The first-order valence-corrected chi connectivity index (χ1v) is 6.80. The van der Waals surface area contributed by atoms with Gasteiger partial charge in [-0.25, -0.2) is 4.39 Å². The third-order valence-electron chi connectivity index (χ3n) is 3.26. The highest BCUT2D eigenvalue weighted by atomic mass is 32.2. The van der Waals surface area contributed by atoms with Crippen LogP contribution in [0.25, 0.3) is 0 Å². The summed E-state index contributed by atoms with van der Waals surface area (Å²) in [7, 11) is 0. The summed E-state index contributed by atoms with van der Waals surface area (Å²) in [4.78, 5) is 0.771. The van der Waals surface area contributed by atoms with Gasteiger partial charge in [0.15, 0.2) is 0 Å². The van der Waals surface area contributed by atoms with E-state index in [0.717, 1.165) is 11.4 Å². The second-order valence-corrected chi connectivity index (χ2v) is 5.65. The number of nitrogens with two attached hydrogens (primary N) is 1. The van der Waals surface area contributed by atoms with Gasteiger partial charge in [0.25, 0.3) is 0 Å². The topological polar surface area (TPSA) is 26.0 Å². The van der Waals surface area contributed by atoms with Crippen LogP contribution in [-0.2, 0) is 0 Å². The Bertz CT molecular complexity index is 342. The summed E-state index contributed by atoms with van der Waals surface area (Å²) in [6, 6.07) is 7.02. The van der Waals surface area contributed by atoms with Crippen LogP contribution in [0.3, 0.4) is 0 Å². The average Bonchev–Trinajstić information content (AvgIpc) is 2.33. The molecular formula is C13H18FNS. The van der Waals surface area contributed by atoms with Crippen molar-refractivity contribution in [3.05, 3.63) is 30.1 Å². The monoisotopic (exact) mass is 239 g/mol. The fourth-order valence-corrected chi connectivity index (χ4v) is 3.69. The number of hydrogen-bond acceptors (Lipinski definition) is 2. The molecule has 2 unspecified atom stereocenters. The first kappa shape index (κ1) is 11.9. The summed E-state index contributed by atoms with van der Waals surface area (Å²) in [5.41, 5.74) is 5.78. The van der Waals surface area contributed by atoms with Gasteiger partial charge in [-0.05, 0) is 37.4 Å². The minimum atomic E-state index is -0.103. The van der Waals surface area contributed by atoms with Crippen LogP contribution in [0.1, 0.15) is 25.7 Å². The van der Waals surface area contributed by atoms with E-state index in [4.69, 9.17) is 5.73 Å². The molecule has 16 heavy (non-hydrogen) atoms. The van der Waals surface area contributed by atoms with Crippen molar-refractivity contribution >= 4 is 11.8 Å². The Morgan fingerprint density at radius 1 is 1.25 bits per heavy atom. The first-order valence-electron chi connectivity index (χ1n) is 5.92. The summed E-state index contributed by atoms with van der Waals surface area (Å²) >= 11 is 1.67. The van der Waals surface area contributed by atoms with Gasteiger partial charge in [-0.2, -0.15) is 0 Å². The highest BCUT2D eigenvalue weighted by molar-refractivity contribution is 8.00. The minimum Gasteiger partial charge on any atom is -0.330 e. The zero-order valence-electron chi connectivity index (χ0n) is 9.36. The summed E-state index contributed by atoms with van der Waals surface area (Å²) in [5.74, 6) is 0.451. The maximum atomic E-state index is 13.5. The molecule has 0 radical (unpaired) electrons. The molecule has 2 N–H and O–H groups in total. The maximum Gasteiger partial charge on any atom is 0.136 e. The van der Waals surface area contributed by atoms with Crippen molar-refractivity contribution in [3.63, 3.8) is 0 Å². The van der Waals surface area contributed by atoms with Gasteiger partial charge >= 0.3 is 0 Å². The van der Waals surface area contributed by atoms with Gasteiger partial charge in [-0.3, -0.25) is 0 Å². The fraction of sp³-hybridized carbons (Fsp3) is 0.538. The number of rotatable bonds is 3. The molecule has 0 spiro atoms. The molecule has 0 aliphatic heterocycles. The van der Waals surface area contributed by atoms with Gasteiger partial charge in [0.2, 0.25) is 0 Å². The van der Waals surface area contributed by atoms with Gasteiger partial charge in [-0.1, -0.05) is 25.0 Å². The molecule has 0 saturated heterocycles. The van der Waals surface area contributed by atoms with E-state index in [0.29, 0.717) is 11.2 Å². The summed E-state index contributed by atoms with van der Waals surface area (Å²) < 4.78 is 13.5. The molecule has 1 aromatic carbocycles. The molecule has 2 atom stereocenters. The largest absolute Gasteiger partial charge is 0.330 e. The Morgan fingerprint density at radius 3 is 2.75 bits per heavy atom. The summed E-state index contributed by atoms with van der Waals surface area (Å²) in [5, 5.41) is 0.496. The van der Waals surface area contributed by atoms with E-state index in [9.17, 15) is 4.39 Å². The van der Waals surface area contributed by atoms with Crippen LogP contribution in [0.15, 0.2) is 29.2 Å². The van der Waals surface area contributed by atoms with E-state index in [1.807, 2.05) is 12.1 Å². The quantitative estimate of drug-likeness (QED) is 0.874. The molecule has 0 bridgehead atoms. The van der Waals surface area contributed by atoms with Crippen LogP contribution in [0.4, 0.5) is 4.39 Å². The predicted molar refractivity (Wildman–Crippen MR) is 67.1 cm³/mol. The van der Waals surface area contributed by atoms with Crippen LogP contribution in [0.2, 0.25) is 0 Å². The minimum absolute atomic E-state index is 0.103. The second kappa shape index (κ2) is 5.69. The van der Waals surface area contributed by atoms with Gasteiger partial charge in [0.05, 0.1) is 0 Å². The number of benzene rings is 1. The molecule has 1 nitrogen and oxygen atoms in total. The van der Waals surface area contributed by atoms with Crippen molar-refractivity contribution in [2.45, 2.75) is 35.8 Å². The highest BCUT2D eigenvalue weighted by Gasteiger charge is 2.25. The second-order valence-electron chi connectivity index (χ2n) is 4.37. The van der Waals surface area contributed by atoms with Crippen LogP contribution < -0.4 is 5.73 Å². The normalized spacial score (nSPS) is 25.6. The van der Waals surface area contributed by atoms with Gasteiger partial charge in [0, 0.05) is 10.1 Å². The Morgan fingerprint density at radius 2 is 2.00 bits per heavy atom. The molecule has 1 aliphatic rings. The predicted octanol–water partition coefficient (Wildman–Crippen LogP) is 3.44. The lowest BCUT2D eigenvalue weighted by Gasteiger charge is -2.30. The van der Waals surface area contributed by atoms with Crippen LogP contribution in [0.5, 0.6) is 0 Å². The van der Waals surface area contributed by atoms with Gasteiger partial charge < -0.3 is 5.73 Å². The van der Waals surface area contributed by atoms with Crippen molar-refractivity contribution in [3.8, 4) is 0 Å². The third-order valence-corrected chi connectivity index (χ3v) is 4.77. The average molecular weight is 239 g/mol. The van der Waals surface area contributed by atoms with E-state index < -0.39 is 0 Å². The van der Waals surface area contributed by atoms with Gasteiger partial charge in [0.1, 0.15) is 5.82 Å². The summed E-state index contributed by atoms with van der Waals surface area (Å²) in [6.07, 6.45) is 4.89. The Kier molecular flexibility index (Phi) is 4.24. The summed E-state index contributed by atoms with van der Waals surface area (Å²) in [6.45, 7) is 0.728. The van der Waals surface area contributed by atoms with Crippen molar-refractivity contribution in [1.29, 1.82) is 0 Å². The lowest BCUT2D eigenvalue weighted by molar-refractivity contribution is 0.378. The Balaban J connectivity index is 2.05. The van der Waals surface area contributed by atoms with E-state index in [1.165, 1.54) is 31.7 Å². The van der Waals surface area contributed by atoms with Crippen LogP contribution in [-0.4, -0.2) is 11.8 Å². The zero-order chi connectivity index (χ0) is 11.4. The van der Waals surface area contributed by atoms with Crippen molar-refractivity contribution < 1.29 is 4.39 Å². The molecule has 1 saturated carbocycles. The lowest BCUT2D eigenvalue weighted by Crippen LogP contribution is -2.28. The van der Waals surface area contributed by atoms with Gasteiger partial charge in [-0.15, -0.1) is 11.8 Å². The van der Waals surface area contributed by atoms with E-state index >= 15 is 0 Å². The Hall–Kier alpha value is -0.540. The number of hydrogen-bond donors (Lipinski definition) is 1. The van der Waals surface area contributed by atoms with E-state index in [1.54, 1.807) is 17.8 Å². The van der Waals surface area contributed by atoms with Crippen molar-refractivity contribution in [2.24, 2.45) is 11.7 Å². The third kappa shape index (κ3) is 2.77. The zero-order valence-corrected chi connectivity index (χ0v) is 10.2. The molecule has 0 heterocycles. The molecule has 88 valence electrons. The fourth-order valence-electron chi connectivity index (χ4n) is 2.30. The molecule has 1 fully saturated rings. The lowest BCUT2D eigenvalue weighted by atomic mass is 9.89. The number of halogens is 1. The molecule has 0 amide bonds. The van der Waals surface area contributed by atoms with Crippen LogP contribution >= 0.6 is 11.8 Å². The van der Waals surface area contributed by atoms with E-state index in [-0.39, 0.29) is 5.82 Å². The highest BCUT2D eigenvalue weighted by Crippen LogP contribution is 2.37. The molecular weight excluding hydrogens is 221 g/mol. The standard InChI is InChI=1S/C13H18FNS/c14-11-6-2-4-8-13(11)16-12-7-3-1-5-10(12)9-15/h2,4,6,8,10,12H,1,3,5,7,9,15H2. The van der Waals surface area contributed by atoms with Crippen LogP contribution in [0, 0.1) is 11.7 Å².